The molecule has 0 spiro atoms. The molecule has 5 nitrogen and oxygen atoms in total. The van der Waals surface area contributed by atoms with E-state index >= 15 is 0 Å². The van der Waals surface area contributed by atoms with Gasteiger partial charge in [-0.25, -0.2) is 9.59 Å². The number of benzene rings is 1. The molecule has 0 atom stereocenters. The van der Waals surface area contributed by atoms with Crippen molar-refractivity contribution in [2.24, 2.45) is 5.92 Å². The van der Waals surface area contributed by atoms with Crippen molar-refractivity contribution in [1.29, 1.82) is 0 Å². The van der Waals surface area contributed by atoms with Crippen LogP contribution in [-0.4, -0.2) is 23.5 Å². The molecule has 1 aromatic rings. The summed E-state index contributed by atoms with van der Waals surface area (Å²) in [4.78, 5) is 48.4. The standard InChI is InChI=1S/C23H28O5/c1-3-5-7-10-14-18(15-11-8-6-4-2)20(24)22(26)28-23(27)21(25)19-16-12-9-13-17-19/h9-18H,3-8H2,1-2H3. The van der Waals surface area contributed by atoms with Crippen LogP contribution in [0.15, 0.2) is 54.6 Å². The Balaban J connectivity index is 2.77. The number of rotatable bonds is 12. The van der Waals surface area contributed by atoms with Gasteiger partial charge in [0.15, 0.2) is 0 Å². The fraction of sp³-hybridized carbons (Fsp3) is 0.391. The van der Waals surface area contributed by atoms with Gasteiger partial charge in [-0.2, -0.15) is 0 Å². The van der Waals surface area contributed by atoms with Gasteiger partial charge in [-0.3, -0.25) is 9.59 Å². The molecule has 0 aliphatic carbocycles. The first-order valence-electron chi connectivity index (χ1n) is 9.74. The van der Waals surface area contributed by atoms with E-state index < -0.39 is 29.4 Å². The molecule has 0 radical (unpaired) electrons. The number of allylic oxidation sites excluding steroid dienone is 4. The van der Waals surface area contributed by atoms with E-state index in [4.69, 9.17) is 0 Å². The Bertz CT molecular complexity index is 698. The van der Waals surface area contributed by atoms with E-state index in [1.807, 2.05) is 12.2 Å². The number of carbonyl (C=O) groups is 4. The van der Waals surface area contributed by atoms with E-state index in [0.717, 1.165) is 38.5 Å². The smallest absolute Gasteiger partial charge is 0.381 e. The molecule has 0 aromatic heterocycles. The lowest BCUT2D eigenvalue weighted by Gasteiger charge is -2.07. The van der Waals surface area contributed by atoms with Gasteiger partial charge in [-0.05, 0) is 12.8 Å². The minimum atomic E-state index is -1.35. The summed E-state index contributed by atoms with van der Waals surface area (Å²) in [6, 6.07) is 7.74. The number of carbonyl (C=O) groups excluding carboxylic acids is 4. The molecule has 0 heterocycles. The SMILES string of the molecule is CCCCC=CC(C=CCCCC)C(=O)C(=O)OC(=O)C(=O)c1ccccc1. The molecular formula is C23H28O5. The van der Waals surface area contributed by atoms with Crippen molar-refractivity contribution >= 4 is 23.5 Å². The molecule has 0 fully saturated rings. The third-order valence-corrected chi connectivity index (χ3v) is 4.05. The molecule has 0 N–H and O–H groups in total. The topological polar surface area (TPSA) is 77.5 Å². The van der Waals surface area contributed by atoms with Gasteiger partial charge in [0, 0.05) is 5.56 Å². The predicted octanol–water partition coefficient (Wildman–Crippen LogP) is 4.62. The molecule has 150 valence electrons. The Kier molecular flexibility index (Phi) is 11.1. The summed E-state index contributed by atoms with van der Waals surface area (Å²) in [5.41, 5.74) is 0.100. The van der Waals surface area contributed by atoms with Gasteiger partial charge in [0.1, 0.15) is 0 Å². The molecule has 0 aliphatic rings. The molecule has 0 saturated carbocycles. The molecule has 0 saturated heterocycles. The van der Waals surface area contributed by atoms with E-state index in [1.54, 1.807) is 30.4 Å². The average Bonchev–Trinajstić information content (AvgIpc) is 2.72. The van der Waals surface area contributed by atoms with Gasteiger partial charge in [0.2, 0.25) is 0 Å². The van der Waals surface area contributed by atoms with Crippen LogP contribution in [0, 0.1) is 5.92 Å². The highest BCUT2D eigenvalue weighted by Gasteiger charge is 2.28. The van der Waals surface area contributed by atoms with Gasteiger partial charge in [-0.1, -0.05) is 94.2 Å². The quantitative estimate of drug-likeness (QED) is 0.131. The van der Waals surface area contributed by atoms with Crippen LogP contribution in [0.3, 0.4) is 0 Å². The van der Waals surface area contributed by atoms with Gasteiger partial charge >= 0.3 is 11.9 Å². The van der Waals surface area contributed by atoms with Crippen molar-refractivity contribution in [3.8, 4) is 0 Å². The highest BCUT2D eigenvalue weighted by molar-refractivity contribution is 6.46. The number of unbranched alkanes of at least 4 members (excludes halogenated alkanes) is 4. The van der Waals surface area contributed by atoms with Crippen molar-refractivity contribution in [2.75, 3.05) is 0 Å². The predicted molar refractivity (Wildman–Crippen MR) is 108 cm³/mol. The third-order valence-electron chi connectivity index (χ3n) is 4.05. The second-order valence-corrected chi connectivity index (χ2v) is 6.40. The number of Topliss-reactive ketones (excluding diaryl/α,β-unsaturated/α-hetero) is 2. The van der Waals surface area contributed by atoms with Gasteiger partial charge < -0.3 is 4.74 Å². The van der Waals surface area contributed by atoms with E-state index in [-0.39, 0.29) is 5.56 Å². The van der Waals surface area contributed by atoms with Gasteiger partial charge in [0.05, 0.1) is 5.92 Å². The monoisotopic (exact) mass is 384 g/mol. The summed E-state index contributed by atoms with van der Waals surface area (Å²) in [5, 5.41) is 0. The van der Waals surface area contributed by atoms with Crippen LogP contribution in [0.4, 0.5) is 0 Å². The molecule has 0 aliphatic heterocycles. The average molecular weight is 384 g/mol. The zero-order chi connectivity index (χ0) is 20.8. The molecule has 1 rings (SSSR count). The van der Waals surface area contributed by atoms with Crippen LogP contribution in [0.5, 0.6) is 0 Å². The zero-order valence-electron chi connectivity index (χ0n) is 16.6. The number of hydrogen-bond acceptors (Lipinski definition) is 5. The minimum Gasteiger partial charge on any atom is -0.381 e. The maximum atomic E-state index is 12.4. The maximum absolute atomic E-state index is 12.4. The lowest BCUT2D eigenvalue weighted by atomic mass is 10.0. The third kappa shape index (κ3) is 8.25. The van der Waals surface area contributed by atoms with Crippen LogP contribution in [-0.2, 0) is 19.1 Å². The first-order chi connectivity index (χ1) is 13.5. The maximum Gasteiger partial charge on any atom is 0.387 e. The summed E-state index contributed by atoms with van der Waals surface area (Å²) in [7, 11) is 0. The normalized spacial score (nSPS) is 12.2. The van der Waals surface area contributed by atoms with Gasteiger partial charge in [0.25, 0.3) is 11.6 Å². The molecule has 1 aromatic carbocycles. The van der Waals surface area contributed by atoms with Crippen LogP contribution in [0.2, 0.25) is 0 Å². The fourth-order valence-electron chi connectivity index (χ4n) is 2.39. The first kappa shape index (κ1) is 23.2. The molecule has 5 heteroatoms. The van der Waals surface area contributed by atoms with Crippen LogP contribution < -0.4 is 0 Å². The number of ether oxygens (including phenoxy) is 1. The molecule has 0 amide bonds. The zero-order valence-corrected chi connectivity index (χ0v) is 16.6. The Hall–Kier alpha value is -2.82. The van der Waals surface area contributed by atoms with E-state index in [0.29, 0.717) is 0 Å². The molecular weight excluding hydrogens is 356 g/mol. The van der Waals surface area contributed by atoms with E-state index in [2.05, 4.69) is 18.6 Å². The summed E-state index contributed by atoms with van der Waals surface area (Å²) >= 11 is 0. The lowest BCUT2D eigenvalue weighted by molar-refractivity contribution is -0.162. The summed E-state index contributed by atoms with van der Waals surface area (Å²) in [6.07, 6.45) is 12.6. The summed E-state index contributed by atoms with van der Waals surface area (Å²) < 4.78 is 4.52. The van der Waals surface area contributed by atoms with Crippen molar-refractivity contribution in [3.05, 3.63) is 60.2 Å². The fourth-order valence-corrected chi connectivity index (χ4v) is 2.39. The molecule has 28 heavy (non-hydrogen) atoms. The van der Waals surface area contributed by atoms with Crippen LogP contribution in [0.1, 0.15) is 62.7 Å². The highest BCUT2D eigenvalue weighted by Crippen LogP contribution is 2.10. The van der Waals surface area contributed by atoms with Crippen molar-refractivity contribution in [1.82, 2.24) is 0 Å². The van der Waals surface area contributed by atoms with Crippen molar-refractivity contribution in [2.45, 2.75) is 52.4 Å². The largest absolute Gasteiger partial charge is 0.387 e. The highest BCUT2D eigenvalue weighted by atomic mass is 16.6. The second kappa shape index (κ2) is 13.4. The van der Waals surface area contributed by atoms with Gasteiger partial charge in [-0.15, -0.1) is 0 Å². The van der Waals surface area contributed by atoms with Crippen molar-refractivity contribution in [3.63, 3.8) is 0 Å². The lowest BCUT2D eigenvalue weighted by Crippen LogP contribution is -2.29. The first-order valence-corrected chi connectivity index (χ1v) is 9.74. The summed E-state index contributed by atoms with van der Waals surface area (Å²) in [6.45, 7) is 4.13. The Morgan fingerprint density at radius 2 is 1.39 bits per heavy atom. The van der Waals surface area contributed by atoms with E-state index in [9.17, 15) is 19.2 Å². The second-order valence-electron chi connectivity index (χ2n) is 6.40. The van der Waals surface area contributed by atoms with Crippen molar-refractivity contribution < 1.29 is 23.9 Å². The van der Waals surface area contributed by atoms with Crippen LogP contribution in [0.25, 0.3) is 0 Å². The number of hydrogen-bond donors (Lipinski definition) is 0. The molecule has 0 bridgehead atoms. The Morgan fingerprint density at radius 3 is 1.89 bits per heavy atom. The molecule has 0 unspecified atom stereocenters. The Labute approximate surface area is 166 Å². The minimum absolute atomic E-state index is 0.100. The van der Waals surface area contributed by atoms with Crippen LogP contribution >= 0.6 is 0 Å². The summed E-state index contributed by atoms with van der Waals surface area (Å²) in [5.74, 6) is -5.31. The number of ketones is 2. The van der Waals surface area contributed by atoms with E-state index in [1.165, 1.54) is 12.1 Å². The number of esters is 2. The Morgan fingerprint density at radius 1 is 0.857 bits per heavy atom.